The zero-order valence-electron chi connectivity index (χ0n) is 15.0. The molecule has 28 heavy (non-hydrogen) atoms. The molecule has 0 spiro atoms. The molecule has 2 heterocycles. The van der Waals surface area contributed by atoms with Crippen molar-refractivity contribution in [3.63, 3.8) is 0 Å². The lowest BCUT2D eigenvalue weighted by atomic mass is 10.0. The minimum Gasteiger partial charge on any atom is -0.450 e. The van der Waals surface area contributed by atoms with Crippen molar-refractivity contribution >= 4 is 35.4 Å². The number of carbonyl (C=O) groups is 5. The maximum Gasteiger partial charge on any atom is 0.404 e. The highest BCUT2D eigenvalue weighted by Crippen LogP contribution is 2.32. The van der Waals surface area contributed by atoms with E-state index < -0.39 is 35.8 Å². The Labute approximate surface area is 160 Å². The first-order chi connectivity index (χ1) is 13.4. The van der Waals surface area contributed by atoms with Crippen molar-refractivity contribution in [2.24, 2.45) is 5.73 Å². The Kier molecular flexibility index (Phi) is 5.57. The Hall–Kier alpha value is -3.43. The monoisotopic (exact) mass is 388 g/mol. The van der Waals surface area contributed by atoms with Gasteiger partial charge in [-0.15, -0.1) is 0 Å². The Balaban J connectivity index is 1.69. The van der Waals surface area contributed by atoms with Gasteiger partial charge in [0.15, 0.2) is 0 Å². The molecule has 1 aromatic carbocycles. The quantitative estimate of drug-likeness (QED) is 0.451. The summed E-state index contributed by atoms with van der Waals surface area (Å²) in [7, 11) is 0. The van der Waals surface area contributed by atoms with Gasteiger partial charge in [-0.1, -0.05) is 6.07 Å². The van der Waals surface area contributed by atoms with Crippen LogP contribution in [0.4, 0.5) is 10.5 Å². The highest BCUT2D eigenvalue weighted by atomic mass is 16.5. The van der Waals surface area contributed by atoms with Crippen molar-refractivity contribution in [3.8, 4) is 0 Å². The Morgan fingerprint density at radius 2 is 2.00 bits per heavy atom. The number of imide groups is 2. The number of amides is 5. The van der Waals surface area contributed by atoms with E-state index in [1.807, 2.05) is 0 Å². The van der Waals surface area contributed by atoms with Crippen LogP contribution >= 0.6 is 0 Å². The summed E-state index contributed by atoms with van der Waals surface area (Å²) in [6.45, 7) is 0.684. The van der Waals surface area contributed by atoms with Crippen molar-refractivity contribution < 1.29 is 28.7 Å². The predicted molar refractivity (Wildman–Crippen MR) is 96.4 cm³/mol. The summed E-state index contributed by atoms with van der Waals surface area (Å²) >= 11 is 0. The number of hydrogen-bond donors (Lipinski definition) is 3. The molecule has 148 valence electrons. The summed E-state index contributed by atoms with van der Waals surface area (Å²) in [6.07, 6.45) is 0.587. The number of fused-ring (bicyclic) bond motifs is 1. The minimum atomic E-state index is -0.996. The number of primary amides is 1. The zero-order valence-corrected chi connectivity index (χ0v) is 15.0. The van der Waals surface area contributed by atoms with Crippen LogP contribution in [-0.4, -0.2) is 53.8 Å². The maximum absolute atomic E-state index is 12.9. The van der Waals surface area contributed by atoms with E-state index in [0.29, 0.717) is 25.1 Å². The molecule has 2 aliphatic heterocycles. The van der Waals surface area contributed by atoms with Crippen LogP contribution in [0.25, 0.3) is 0 Å². The Morgan fingerprint density at radius 1 is 1.21 bits per heavy atom. The first-order valence-electron chi connectivity index (χ1n) is 8.91. The third kappa shape index (κ3) is 3.80. The van der Waals surface area contributed by atoms with Gasteiger partial charge in [-0.25, -0.2) is 4.79 Å². The molecule has 1 fully saturated rings. The van der Waals surface area contributed by atoms with Gasteiger partial charge in [0.1, 0.15) is 6.04 Å². The van der Waals surface area contributed by atoms with Crippen molar-refractivity contribution in [2.45, 2.75) is 31.7 Å². The van der Waals surface area contributed by atoms with Crippen LogP contribution in [0.5, 0.6) is 0 Å². The first-order valence-corrected chi connectivity index (χ1v) is 8.91. The summed E-state index contributed by atoms with van der Waals surface area (Å²) in [4.78, 5) is 60.5. The van der Waals surface area contributed by atoms with Crippen LogP contribution in [-0.2, 0) is 14.3 Å². The van der Waals surface area contributed by atoms with E-state index in [1.54, 1.807) is 12.1 Å². The molecule has 2 aliphatic rings. The summed E-state index contributed by atoms with van der Waals surface area (Å²) < 4.78 is 4.64. The van der Waals surface area contributed by atoms with Gasteiger partial charge < -0.3 is 15.8 Å². The van der Waals surface area contributed by atoms with Gasteiger partial charge in [0.2, 0.25) is 11.8 Å². The molecule has 10 heteroatoms. The second kappa shape index (κ2) is 8.07. The fourth-order valence-electron chi connectivity index (χ4n) is 3.29. The molecule has 1 aromatic rings. The van der Waals surface area contributed by atoms with E-state index in [9.17, 15) is 24.0 Å². The lowest BCUT2D eigenvalue weighted by Crippen LogP contribution is -2.54. The number of carbonyl (C=O) groups excluding carboxylic acids is 5. The topological polar surface area (TPSA) is 148 Å². The van der Waals surface area contributed by atoms with E-state index in [4.69, 9.17) is 5.73 Å². The zero-order chi connectivity index (χ0) is 20.3. The fourth-order valence-corrected chi connectivity index (χ4v) is 3.29. The van der Waals surface area contributed by atoms with E-state index in [-0.39, 0.29) is 30.6 Å². The van der Waals surface area contributed by atoms with E-state index in [1.165, 1.54) is 6.07 Å². The number of hydrogen-bond acceptors (Lipinski definition) is 7. The van der Waals surface area contributed by atoms with Gasteiger partial charge in [-0.05, 0) is 31.4 Å². The molecule has 1 atom stereocenters. The lowest BCUT2D eigenvalue weighted by molar-refractivity contribution is -0.136. The van der Waals surface area contributed by atoms with Gasteiger partial charge in [0.25, 0.3) is 11.8 Å². The molecule has 1 saturated heterocycles. The van der Waals surface area contributed by atoms with Gasteiger partial charge in [0.05, 0.1) is 17.7 Å². The molecule has 10 nitrogen and oxygen atoms in total. The van der Waals surface area contributed by atoms with Crippen LogP contribution in [0.1, 0.15) is 46.4 Å². The number of piperidine rings is 1. The van der Waals surface area contributed by atoms with Crippen molar-refractivity contribution in [2.75, 3.05) is 18.5 Å². The number of nitrogens with two attached hydrogens (primary N) is 1. The fraction of sp³-hybridized carbons (Fsp3) is 0.389. The van der Waals surface area contributed by atoms with E-state index in [0.717, 1.165) is 4.90 Å². The molecule has 0 saturated carbocycles. The van der Waals surface area contributed by atoms with Crippen LogP contribution in [0.15, 0.2) is 18.2 Å². The van der Waals surface area contributed by atoms with Gasteiger partial charge >= 0.3 is 6.09 Å². The van der Waals surface area contributed by atoms with E-state index in [2.05, 4.69) is 15.4 Å². The molecule has 0 aliphatic carbocycles. The smallest absolute Gasteiger partial charge is 0.404 e. The highest BCUT2D eigenvalue weighted by molar-refractivity contribution is 6.25. The number of anilines is 1. The normalized spacial score (nSPS) is 18.7. The predicted octanol–water partition coefficient (Wildman–Crippen LogP) is 0.375. The van der Waals surface area contributed by atoms with Gasteiger partial charge in [-0.3, -0.25) is 29.4 Å². The highest BCUT2D eigenvalue weighted by Gasteiger charge is 2.45. The molecule has 0 bridgehead atoms. The van der Waals surface area contributed by atoms with Crippen LogP contribution < -0.4 is 16.4 Å². The van der Waals surface area contributed by atoms with Crippen LogP contribution in [0.3, 0.4) is 0 Å². The number of unbranched alkanes of at least 4 members (excludes halogenated alkanes) is 1. The average Bonchev–Trinajstić information content (AvgIpc) is 2.90. The Morgan fingerprint density at radius 3 is 2.71 bits per heavy atom. The number of nitrogens with zero attached hydrogens (tertiary/aromatic N) is 1. The third-order valence-corrected chi connectivity index (χ3v) is 4.60. The molecule has 0 radical (unpaired) electrons. The van der Waals surface area contributed by atoms with E-state index >= 15 is 0 Å². The second-order valence-corrected chi connectivity index (χ2v) is 6.48. The molecular formula is C18H20N4O6. The largest absolute Gasteiger partial charge is 0.450 e. The molecule has 5 amide bonds. The SMILES string of the molecule is NC(=O)OCCCCNc1cccc2c1C(=O)N(C1CCC(=O)NC1=O)C2=O. The summed E-state index contributed by atoms with van der Waals surface area (Å²) in [6, 6.07) is 3.87. The van der Waals surface area contributed by atoms with Gasteiger partial charge in [-0.2, -0.15) is 0 Å². The minimum absolute atomic E-state index is 0.0717. The van der Waals surface area contributed by atoms with Gasteiger partial charge in [0, 0.05) is 18.7 Å². The lowest BCUT2D eigenvalue weighted by Gasteiger charge is -2.27. The molecule has 4 N–H and O–H groups in total. The summed E-state index contributed by atoms with van der Waals surface area (Å²) in [5, 5.41) is 5.27. The summed E-state index contributed by atoms with van der Waals surface area (Å²) in [5.41, 5.74) is 5.80. The van der Waals surface area contributed by atoms with Crippen LogP contribution in [0.2, 0.25) is 0 Å². The molecule has 1 unspecified atom stereocenters. The Bertz CT molecular complexity index is 852. The van der Waals surface area contributed by atoms with Crippen molar-refractivity contribution in [1.29, 1.82) is 0 Å². The molecular weight excluding hydrogens is 368 g/mol. The molecule has 0 aromatic heterocycles. The second-order valence-electron chi connectivity index (χ2n) is 6.48. The molecule has 3 rings (SSSR count). The number of ether oxygens (including phenoxy) is 1. The number of benzene rings is 1. The maximum atomic E-state index is 12.9. The van der Waals surface area contributed by atoms with Crippen molar-refractivity contribution in [3.05, 3.63) is 29.3 Å². The summed E-state index contributed by atoms with van der Waals surface area (Å²) in [5.74, 6) is -2.17. The first kappa shape index (κ1) is 19.3. The number of nitrogens with one attached hydrogen (secondary N) is 2. The average molecular weight is 388 g/mol. The third-order valence-electron chi connectivity index (χ3n) is 4.60. The van der Waals surface area contributed by atoms with Crippen LogP contribution in [0, 0.1) is 0 Å². The standard InChI is InChI=1S/C18H20N4O6/c19-18(27)28-9-2-1-8-20-11-5-3-4-10-14(11)17(26)22(16(10)25)12-6-7-13(23)21-15(12)24/h3-5,12,20H,1-2,6-9H2,(H2,19,27)(H,21,23,24). The van der Waals surface area contributed by atoms with Crippen molar-refractivity contribution in [1.82, 2.24) is 10.2 Å². The number of rotatable bonds is 7.